The second-order valence-electron chi connectivity index (χ2n) is 7.33. The lowest BCUT2D eigenvalue weighted by Crippen LogP contribution is -2.55. The fraction of sp³-hybridized carbons (Fsp3) is 0.400. The van der Waals surface area contributed by atoms with E-state index < -0.39 is 59.9 Å². The number of alkyl halides is 1. The molecule has 4 N–H and O–H groups in total. The highest BCUT2D eigenvalue weighted by atomic mass is 19.1. The first-order valence-electron chi connectivity index (χ1n) is 9.16. The Morgan fingerprint density at radius 2 is 1.83 bits per heavy atom. The Hall–Kier alpha value is -3.14. The standard InChI is InChI=1S/C20H23F2N3O5/c1-9(2)17(18(27)15(20(29)30)16(23)14(26)8-21)24-19(28)13-7-10-6-11(22)4-5-12(10)25(13)3/h4-7,9,15-17H,8,23H2,1-3H3,(H,24,28)(H,29,30)/t15?,16?,17-/m0/s1. The van der Waals surface area contributed by atoms with Crippen LogP contribution in [-0.2, 0) is 21.4 Å². The molecule has 0 spiro atoms. The number of aliphatic carboxylic acids is 1. The van der Waals surface area contributed by atoms with Crippen molar-refractivity contribution in [2.45, 2.75) is 25.9 Å². The van der Waals surface area contributed by atoms with Crippen molar-refractivity contribution >= 4 is 34.3 Å². The van der Waals surface area contributed by atoms with Gasteiger partial charge in [-0.15, -0.1) is 0 Å². The molecule has 30 heavy (non-hydrogen) atoms. The zero-order chi connectivity index (χ0) is 22.7. The summed E-state index contributed by atoms with van der Waals surface area (Å²) < 4.78 is 27.6. The van der Waals surface area contributed by atoms with Crippen molar-refractivity contribution in [2.75, 3.05) is 6.67 Å². The van der Waals surface area contributed by atoms with Crippen LogP contribution in [0.25, 0.3) is 10.9 Å². The molecule has 0 bridgehead atoms. The molecule has 8 nitrogen and oxygen atoms in total. The molecular formula is C20H23F2N3O5. The molecule has 1 heterocycles. The molecule has 0 aliphatic heterocycles. The van der Waals surface area contributed by atoms with Crippen LogP contribution in [0.15, 0.2) is 24.3 Å². The van der Waals surface area contributed by atoms with E-state index in [0.717, 1.165) is 0 Å². The predicted octanol–water partition coefficient (Wildman–Crippen LogP) is 1.21. The second kappa shape index (κ2) is 9.12. The third-order valence-corrected chi connectivity index (χ3v) is 4.93. The minimum Gasteiger partial charge on any atom is -0.481 e. The van der Waals surface area contributed by atoms with E-state index in [4.69, 9.17) is 5.73 Å². The molecule has 0 fully saturated rings. The molecule has 10 heteroatoms. The highest BCUT2D eigenvalue weighted by Crippen LogP contribution is 2.21. The smallest absolute Gasteiger partial charge is 0.316 e. The predicted molar refractivity (Wildman–Crippen MR) is 104 cm³/mol. The number of carbonyl (C=O) groups excluding carboxylic acids is 3. The summed E-state index contributed by atoms with van der Waals surface area (Å²) in [7, 11) is 1.58. The van der Waals surface area contributed by atoms with Gasteiger partial charge in [0.05, 0.1) is 12.1 Å². The van der Waals surface area contributed by atoms with E-state index in [2.05, 4.69) is 5.32 Å². The zero-order valence-electron chi connectivity index (χ0n) is 16.7. The molecule has 0 saturated heterocycles. The number of carboxylic acid groups (broad SMARTS) is 1. The summed E-state index contributed by atoms with van der Waals surface area (Å²) in [5.74, 6) is -7.66. The van der Waals surface area contributed by atoms with Crippen LogP contribution in [-0.4, -0.2) is 51.9 Å². The Morgan fingerprint density at radius 3 is 2.37 bits per heavy atom. The largest absolute Gasteiger partial charge is 0.481 e. The number of fused-ring (bicyclic) bond motifs is 1. The highest BCUT2D eigenvalue weighted by molar-refractivity contribution is 6.08. The Balaban J connectivity index is 2.35. The van der Waals surface area contributed by atoms with Crippen molar-refractivity contribution in [3.8, 4) is 0 Å². The molecule has 1 aromatic heterocycles. The molecular weight excluding hydrogens is 400 g/mol. The van der Waals surface area contributed by atoms with Crippen LogP contribution >= 0.6 is 0 Å². The van der Waals surface area contributed by atoms with Gasteiger partial charge in [0.1, 0.15) is 24.1 Å². The molecule has 0 saturated carbocycles. The van der Waals surface area contributed by atoms with Gasteiger partial charge in [-0.2, -0.15) is 0 Å². The lowest BCUT2D eigenvalue weighted by Gasteiger charge is -2.26. The molecule has 3 atom stereocenters. The van der Waals surface area contributed by atoms with Crippen LogP contribution < -0.4 is 11.1 Å². The molecule has 0 aliphatic rings. The van der Waals surface area contributed by atoms with Gasteiger partial charge < -0.3 is 20.7 Å². The van der Waals surface area contributed by atoms with Crippen molar-refractivity contribution in [2.24, 2.45) is 24.6 Å². The Kier molecular flexibility index (Phi) is 7.04. The highest BCUT2D eigenvalue weighted by Gasteiger charge is 2.41. The van der Waals surface area contributed by atoms with Gasteiger partial charge in [-0.1, -0.05) is 13.8 Å². The van der Waals surface area contributed by atoms with E-state index in [1.807, 2.05) is 0 Å². The van der Waals surface area contributed by atoms with E-state index in [9.17, 15) is 33.1 Å². The SMILES string of the molecule is CC(C)[C@H](NC(=O)c1cc2cc(F)ccc2n1C)C(=O)C(C(=O)O)C(N)C(=O)CF. The number of rotatable bonds is 9. The monoisotopic (exact) mass is 423 g/mol. The van der Waals surface area contributed by atoms with Crippen molar-refractivity contribution in [3.63, 3.8) is 0 Å². The number of aromatic nitrogens is 1. The number of hydrogen-bond donors (Lipinski definition) is 3. The summed E-state index contributed by atoms with van der Waals surface area (Å²) in [4.78, 5) is 48.8. The van der Waals surface area contributed by atoms with Crippen LogP contribution in [0.2, 0.25) is 0 Å². The fourth-order valence-electron chi connectivity index (χ4n) is 3.24. The number of amides is 1. The summed E-state index contributed by atoms with van der Waals surface area (Å²) in [6, 6.07) is 2.24. The number of ketones is 2. The van der Waals surface area contributed by atoms with E-state index in [-0.39, 0.29) is 5.69 Å². The van der Waals surface area contributed by atoms with Crippen LogP contribution in [0.5, 0.6) is 0 Å². The fourth-order valence-corrected chi connectivity index (χ4v) is 3.24. The number of nitrogens with one attached hydrogen (secondary N) is 1. The molecule has 1 aromatic carbocycles. The van der Waals surface area contributed by atoms with Gasteiger partial charge >= 0.3 is 5.97 Å². The third-order valence-electron chi connectivity index (χ3n) is 4.93. The number of carboxylic acids is 1. The summed E-state index contributed by atoms with van der Waals surface area (Å²) in [5.41, 5.74) is 6.19. The number of nitrogens with zero attached hydrogens (tertiary/aromatic N) is 1. The van der Waals surface area contributed by atoms with Crippen LogP contribution in [0.3, 0.4) is 0 Å². The number of carbonyl (C=O) groups is 4. The summed E-state index contributed by atoms with van der Waals surface area (Å²) in [6.07, 6.45) is 0. The average Bonchev–Trinajstić information content (AvgIpc) is 3.00. The summed E-state index contributed by atoms with van der Waals surface area (Å²) >= 11 is 0. The Labute approximate surface area is 171 Å². The summed E-state index contributed by atoms with van der Waals surface area (Å²) in [5, 5.41) is 12.3. The third kappa shape index (κ3) is 4.54. The lowest BCUT2D eigenvalue weighted by atomic mass is 9.85. The van der Waals surface area contributed by atoms with Gasteiger partial charge in [0, 0.05) is 18.0 Å². The minimum atomic E-state index is -2.01. The minimum absolute atomic E-state index is 0.116. The molecule has 2 rings (SSSR count). The van der Waals surface area contributed by atoms with Crippen LogP contribution in [0.1, 0.15) is 24.3 Å². The van der Waals surface area contributed by atoms with Crippen molar-refractivity contribution < 1.29 is 33.1 Å². The molecule has 1 amide bonds. The topological polar surface area (TPSA) is 131 Å². The first kappa shape index (κ1) is 23.1. The number of nitrogens with two attached hydrogens (primary N) is 1. The maximum absolute atomic E-state index is 13.5. The first-order valence-corrected chi connectivity index (χ1v) is 9.16. The number of halogens is 2. The van der Waals surface area contributed by atoms with Crippen molar-refractivity contribution in [3.05, 3.63) is 35.8 Å². The van der Waals surface area contributed by atoms with Gasteiger partial charge in [-0.25, -0.2) is 8.78 Å². The molecule has 0 radical (unpaired) electrons. The number of Topliss-reactive ketones (excluding diaryl/α,β-unsaturated/α-hetero) is 2. The van der Waals surface area contributed by atoms with Gasteiger partial charge in [0.2, 0.25) is 0 Å². The average molecular weight is 423 g/mol. The number of benzene rings is 1. The Bertz CT molecular complexity index is 1000. The van der Waals surface area contributed by atoms with Gasteiger partial charge in [-0.05, 0) is 30.2 Å². The summed E-state index contributed by atoms with van der Waals surface area (Å²) in [6.45, 7) is 1.63. The van der Waals surface area contributed by atoms with Gasteiger partial charge in [-0.3, -0.25) is 19.2 Å². The second-order valence-corrected chi connectivity index (χ2v) is 7.33. The number of hydrogen-bond acceptors (Lipinski definition) is 5. The Morgan fingerprint density at radius 1 is 1.20 bits per heavy atom. The number of aryl methyl sites for hydroxylation is 1. The lowest BCUT2D eigenvalue weighted by molar-refractivity contribution is -0.150. The zero-order valence-corrected chi connectivity index (χ0v) is 16.7. The maximum atomic E-state index is 13.5. The van der Waals surface area contributed by atoms with Crippen LogP contribution in [0.4, 0.5) is 8.78 Å². The van der Waals surface area contributed by atoms with Gasteiger partial charge in [0.15, 0.2) is 11.6 Å². The molecule has 2 aromatic rings. The van der Waals surface area contributed by atoms with Crippen molar-refractivity contribution in [1.29, 1.82) is 0 Å². The molecule has 0 aliphatic carbocycles. The molecule has 2 unspecified atom stereocenters. The maximum Gasteiger partial charge on any atom is 0.316 e. The van der Waals surface area contributed by atoms with Crippen LogP contribution in [0, 0.1) is 17.7 Å². The first-order chi connectivity index (χ1) is 14.0. The van der Waals surface area contributed by atoms with E-state index in [1.165, 1.54) is 28.8 Å². The van der Waals surface area contributed by atoms with E-state index in [1.54, 1.807) is 20.9 Å². The normalized spacial score (nSPS) is 14.4. The van der Waals surface area contributed by atoms with Gasteiger partial charge in [0.25, 0.3) is 5.91 Å². The molecule has 162 valence electrons. The van der Waals surface area contributed by atoms with Crippen molar-refractivity contribution in [1.82, 2.24) is 9.88 Å². The quantitative estimate of drug-likeness (QED) is 0.520. The van der Waals surface area contributed by atoms with E-state index in [0.29, 0.717) is 10.9 Å². The van der Waals surface area contributed by atoms with E-state index >= 15 is 0 Å².